The lowest BCUT2D eigenvalue weighted by atomic mass is 10.3. The summed E-state index contributed by atoms with van der Waals surface area (Å²) in [6, 6.07) is 6.64. The third-order valence-electron chi connectivity index (χ3n) is 3.25. The molecule has 2 rings (SSSR count). The molecule has 0 saturated heterocycles. The molecule has 0 atom stereocenters. The number of aromatic nitrogens is 2. The summed E-state index contributed by atoms with van der Waals surface area (Å²) < 4.78 is 31.9. The number of anilines is 2. The Morgan fingerprint density at radius 2 is 2.11 bits per heavy atom. The number of nitrogens with one attached hydrogen (secondary N) is 1. The summed E-state index contributed by atoms with van der Waals surface area (Å²) >= 11 is 2.82. The summed E-state index contributed by atoms with van der Waals surface area (Å²) in [5.74, 6) is 0.950. The maximum absolute atomic E-state index is 12.4. The largest absolute Gasteiger partial charge is 0.491 e. The number of ether oxygens (including phenoxy) is 1. The molecule has 28 heavy (non-hydrogen) atoms. The zero-order chi connectivity index (χ0) is 20.7. The first kappa shape index (κ1) is 22.4. The van der Waals surface area contributed by atoms with Gasteiger partial charge in [-0.25, -0.2) is 8.42 Å². The molecule has 1 N–H and O–H groups in total. The van der Waals surface area contributed by atoms with Crippen molar-refractivity contribution >= 4 is 49.8 Å². The summed E-state index contributed by atoms with van der Waals surface area (Å²) in [6.07, 6.45) is 2.01. The summed E-state index contributed by atoms with van der Waals surface area (Å²) in [7, 11) is -3.68. The molecule has 1 aromatic carbocycles. The first-order valence-corrected chi connectivity index (χ1v) is 12.3. The second kappa shape index (κ2) is 10.1. The molecule has 154 valence electrons. The molecule has 0 fully saturated rings. The monoisotopic (exact) mass is 444 g/mol. The lowest BCUT2D eigenvalue weighted by Gasteiger charge is -2.22. The highest BCUT2D eigenvalue weighted by Crippen LogP contribution is 2.27. The minimum atomic E-state index is -3.68. The van der Waals surface area contributed by atoms with E-state index in [2.05, 4.69) is 22.4 Å². The number of rotatable bonds is 10. The standard InChI is InChI=1S/C17H24N4O4S3/c1-5-9-26-17-20-19-16(27-17)18-15(22)11-21(28(4,23)24)13-7-6-8-14(10-13)25-12(2)3/h6-8,10,12H,5,9,11H2,1-4H3,(H,18,19,22). The van der Waals surface area contributed by atoms with Gasteiger partial charge in [0, 0.05) is 11.8 Å². The Hall–Kier alpha value is -1.85. The van der Waals surface area contributed by atoms with E-state index in [1.165, 1.54) is 11.3 Å². The Labute approximate surface area is 173 Å². The number of nitrogens with zero attached hydrogens (tertiary/aromatic N) is 3. The molecule has 0 bridgehead atoms. The number of carbonyl (C=O) groups is 1. The van der Waals surface area contributed by atoms with Crippen molar-refractivity contribution in [2.24, 2.45) is 0 Å². The van der Waals surface area contributed by atoms with E-state index in [0.29, 0.717) is 16.6 Å². The van der Waals surface area contributed by atoms with Crippen molar-refractivity contribution in [1.29, 1.82) is 0 Å². The Morgan fingerprint density at radius 3 is 2.75 bits per heavy atom. The van der Waals surface area contributed by atoms with Crippen LogP contribution in [-0.4, -0.2) is 49.2 Å². The number of carbonyl (C=O) groups excluding carboxylic acids is 1. The van der Waals surface area contributed by atoms with Crippen molar-refractivity contribution in [3.05, 3.63) is 24.3 Å². The summed E-state index contributed by atoms with van der Waals surface area (Å²) in [6.45, 7) is 5.45. The maximum Gasteiger partial charge on any atom is 0.246 e. The van der Waals surface area contributed by atoms with Crippen LogP contribution in [0.4, 0.5) is 10.8 Å². The number of thioether (sulfide) groups is 1. The summed E-state index contributed by atoms with van der Waals surface area (Å²) in [5.41, 5.74) is 0.354. The lowest BCUT2D eigenvalue weighted by Crippen LogP contribution is -2.37. The van der Waals surface area contributed by atoms with Gasteiger partial charge in [0.15, 0.2) is 4.34 Å². The van der Waals surface area contributed by atoms with E-state index in [1.807, 2.05) is 13.8 Å². The molecule has 1 heterocycles. The average Bonchev–Trinajstić information content (AvgIpc) is 3.03. The van der Waals surface area contributed by atoms with Gasteiger partial charge in [-0.2, -0.15) is 0 Å². The molecule has 0 saturated carbocycles. The van der Waals surface area contributed by atoms with Crippen molar-refractivity contribution < 1.29 is 17.9 Å². The molecule has 0 aliphatic heterocycles. The Kier molecular flexibility index (Phi) is 8.08. The van der Waals surface area contributed by atoms with Gasteiger partial charge >= 0.3 is 0 Å². The van der Waals surface area contributed by atoms with Gasteiger partial charge in [-0.15, -0.1) is 10.2 Å². The quantitative estimate of drug-likeness (QED) is 0.443. The minimum Gasteiger partial charge on any atom is -0.491 e. The van der Waals surface area contributed by atoms with E-state index in [1.54, 1.807) is 36.0 Å². The molecule has 0 aliphatic rings. The number of sulfonamides is 1. The van der Waals surface area contributed by atoms with Crippen LogP contribution >= 0.6 is 23.1 Å². The minimum absolute atomic E-state index is 0.0533. The smallest absolute Gasteiger partial charge is 0.246 e. The third kappa shape index (κ3) is 6.95. The van der Waals surface area contributed by atoms with Crippen LogP contribution in [0.3, 0.4) is 0 Å². The molecule has 0 spiro atoms. The van der Waals surface area contributed by atoms with Gasteiger partial charge in [0.25, 0.3) is 0 Å². The number of benzene rings is 1. The van der Waals surface area contributed by atoms with Crippen LogP contribution in [0, 0.1) is 0 Å². The van der Waals surface area contributed by atoms with Gasteiger partial charge in [-0.1, -0.05) is 36.1 Å². The Bertz CT molecular complexity index is 899. The first-order chi connectivity index (χ1) is 13.2. The maximum atomic E-state index is 12.4. The van der Waals surface area contributed by atoms with Gasteiger partial charge in [0.2, 0.25) is 21.1 Å². The fraction of sp³-hybridized carbons (Fsp3) is 0.471. The summed E-state index contributed by atoms with van der Waals surface area (Å²) in [4.78, 5) is 12.4. The van der Waals surface area contributed by atoms with Crippen LogP contribution in [0.2, 0.25) is 0 Å². The van der Waals surface area contributed by atoms with Crippen molar-refractivity contribution in [1.82, 2.24) is 10.2 Å². The van der Waals surface area contributed by atoms with E-state index < -0.39 is 15.9 Å². The van der Waals surface area contributed by atoms with Crippen molar-refractivity contribution in [3.63, 3.8) is 0 Å². The zero-order valence-corrected chi connectivity index (χ0v) is 18.7. The second-order valence-electron chi connectivity index (χ2n) is 6.20. The van der Waals surface area contributed by atoms with E-state index in [9.17, 15) is 13.2 Å². The topological polar surface area (TPSA) is 101 Å². The molecule has 0 aliphatic carbocycles. The van der Waals surface area contributed by atoms with Crippen LogP contribution in [0.25, 0.3) is 0 Å². The van der Waals surface area contributed by atoms with Crippen LogP contribution in [-0.2, 0) is 14.8 Å². The molecular formula is C17H24N4O4S3. The normalized spacial score (nSPS) is 11.5. The van der Waals surface area contributed by atoms with Crippen LogP contribution in [0.15, 0.2) is 28.6 Å². The van der Waals surface area contributed by atoms with E-state index >= 15 is 0 Å². The molecule has 0 radical (unpaired) electrons. The van der Waals surface area contributed by atoms with E-state index in [0.717, 1.165) is 27.1 Å². The number of amides is 1. The highest BCUT2D eigenvalue weighted by molar-refractivity contribution is 8.01. The molecule has 1 aromatic heterocycles. The summed E-state index contributed by atoms with van der Waals surface area (Å²) in [5, 5.41) is 10.9. The van der Waals surface area contributed by atoms with Gasteiger partial charge in [-0.3, -0.25) is 14.4 Å². The fourth-order valence-electron chi connectivity index (χ4n) is 2.18. The fourth-order valence-corrected chi connectivity index (χ4v) is 4.72. The predicted molar refractivity (Wildman–Crippen MR) is 114 cm³/mol. The Balaban J connectivity index is 2.12. The molecule has 1 amide bonds. The van der Waals surface area contributed by atoms with Crippen LogP contribution in [0.5, 0.6) is 5.75 Å². The highest BCUT2D eigenvalue weighted by Gasteiger charge is 2.22. The van der Waals surface area contributed by atoms with Gasteiger partial charge in [-0.05, 0) is 32.4 Å². The molecular weight excluding hydrogens is 420 g/mol. The molecule has 8 nitrogen and oxygen atoms in total. The van der Waals surface area contributed by atoms with Crippen molar-refractivity contribution in [3.8, 4) is 5.75 Å². The average molecular weight is 445 g/mol. The van der Waals surface area contributed by atoms with Gasteiger partial charge in [0.1, 0.15) is 12.3 Å². The second-order valence-corrected chi connectivity index (χ2v) is 10.4. The SMILES string of the molecule is CCCSc1nnc(NC(=O)CN(c2cccc(OC(C)C)c2)S(C)(=O)=O)s1. The molecule has 2 aromatic rings. The number of hydrogen-bond acceptors (Lipinski definition) is 8. The highest BCUT2D eigenvalue weighted by atomic mass is 32.2. The lowest BCUT2D eigenvalue weighted by molar-refractivity contribution is -0.114. The van der Waals surface area contributed by atoms with Gasteiger partial charge < -0.3 is 4.74 Å². The molecule has 0 unspecified atom stereocenters. The Morgan fingerprint density at radius 1 is 1.36 bits per heavy atom. The van der Waals surface area contributed by atoms with Crippen LogP contribution < -0.4 is 14.4 Å². The van der Waals surface area contributed by atoms with Crippen molar-refractivity contribution in [2.45, 2.75) is 37.6 Å². The number of hydrogen-bond donors (Lipinski definition) is 1. The predicted octanol–water partition coefficient (Wildman–Crippen LogP) is 3.23. The van der Waals surface area contributed by atoms with E-state index in [4.69, 9.17) is 4.74 Å². The third-order valence-corrected chi connectivity index (χ3v) is 6.57. The first-order valence-electron chi connectivity index (χ1n) is 8.69. The van der Waals surface area contributed by atoms with Crippen molar-refractivity contribution in [2.75, 3.05) is 28.2 Å². The van der Waals surface area contributed by atoms with E-state index in [-0.39, 0.29) is 12.6 Å². The van der Waals surface area contributed by atoms with Gasteiger partial charge in [0.05, 0.1) is 18.0 Å². The zero-order valence-electron chi connectivity index (χ0n) is 16.2. The van der Waals surface area contributed by atoms with Crippen LogP contribution in [0.1, 0.15) is 27.2 Å². The molecule has 11 heteroatoms.